The van der Waals surface area contributed by atoms with E-state index in [1.54, 1.807) is 0 Å². The van der Waals surface area contributed by atoms with Gasteiger partial charge in [-0.05, 0) is 35.7 Å². The van der Waals surface area contributed by atoms with Crippen LogP contribution in [-0.2, 0) is 12.8 Å². The minimum atomic E-state index is -0.186. The molecule has 2 nitrogen and oxygen atoms in total. The Morgan fingerprint density at radius 3 is 2.85 bits per heavy atom. The molecule has 0 radical (unpaired) electrons. The second-order valence-corrected chi connectivity index (χ2v) is 7.94. The number of hydrogen-bond donors (Lipinski definition) is 1. The van der Waals surface area contributed by atoms with E-state index in [0.29, 0.717) is 15.1 Å². The average Bonchev–Trinajstić information content (AvgIpc) is 2.95. The molecule has 0 bridgehead atoms. The smallest absolute Gasteiger partial charge is 0.125 e. The topological polar surface area (TPSA) is 35.2 Å². The molecule has 1 aliphatic rings. The van der Waals surface area contributed by atoms with Gasteiger partial charge < -0.3 is 10.5 Å². The number of fused-ring (bicyclic) bond motifs is 1. The van der Waals surface area contributed by atoms with Gasteiger partial charge >= 0.3 is 0 Å². The fraction of sp³-hybridized carbons (Fsp3) is 0.286. The maximum Gasteiger partial charge on any atom is 0.125 e. The van der Waals surface area contributed by atoms with Gasteiger partial charge in [-0.3, -0.25) is 0 Å². The molecule has 1 aromatic carbocycles. The van der Waals surface area contributed by atoms with E-state index in [1.807, 2.05) is 6.07 Å². The quantitative estimate of drug-likeness (QED) is 0.797. The highest BCUT2D eigenvalue weighted by atomic mass is 79.9. The van der Waals surface area contributed by atoms with E-state index >= 15 is 0 Å². The summed E-state index contributed by atoms with van der Waals surface area (Å²) in [6.45, 7) is 0.735. The monoisotopic (exact) mass is 391 g/mol. The molecule has 106 valence electrons. The lowest BCUT2D eigenvalue weighted by Gasteiger charge is -2.14. The second-order valence-electron chi connectivity index (χ2n) is 4.74. The molecule has 1 aromatic heterocycles. The number of ether oxygens (including phenoxy) is 1. The van der Waals surface area contributed by atoms with Crippen molar-refractivity contribution < 1.29 is 4.74 Å². The second kappa shape index (κ2) is 5.85. The van der Waals surface area contributed by atoms with E-state index in [4.69, 9.17) is 33.7 Å². The summed E-state index contributed by atoms with van der Waals surface area (Å²) in [6.07, 6.45) is 1.62. The van der Waals surface area contributed by atoms with E-state index < -0.39 is 0 Å². The summed E-state index contributed by atoms with van der Waals surface area (Å²) in [7, 11) is 0. The van der Waals surface area contributed by atoms with Gasteiger partial charge in [0, 0.05) is 22.5 Å². The standard InChI is InChI=1S/C14H12BrCl2NOS/c15-9-3-7-1-2-19-13(7)8(4-9)5-11(18)10-6-12(16)20-14(10)17/h3-4,6,11H,1-2,5,18H2. The molecule has 1 unspecified atom stereocenters. The summed E-state index contributed by atoms with van der Waals surface area (Å²) in [5, 5.41) is 0. The van der Waals surface area contributed by atoms with E-state index in [-0.39, 0.29) is 6.04 Å². The fourth-order valence-electron chi connectivity index (χ4n) is 2.45. The van der Waals surface area contributed by atoms with Crippen molar-refractivity contribution in [3.63, 3.8) is 0 Å². The minimum Gasteiger partial charge on any atom is -0.493 e. The lowest BCUT2D eigenvalue weighted by molar-refractivity contribution is 0.352. The molecule has 2 heterocycles. The molecule has 0 spiro atoms. The molecule has 2 aromatic rings. The molecular weight excluding hydrogens is 381 g/mol. The predicted molar refractivity (Wildman–Crippen MR) is 88.3 cm³/mol. The van der Waals surface area contributed by atoms with Crippen LogP contribution >= 0.6 is 50.5 Å². The summed E-state index contributed by atoms with van der Waals surface area (Å²) in [5.41, 5.74) is 9.52. The first-order valence-corrected chi connectivity index (χ1v) is 8.55. The van der Waals surface area contributed by atoms with Gasteiger partial charge in [-0.15, -0.1) is 11.3 Å². The molecule has 0 saturated carbocycles. The highest BCUT2D eigenvalue weighted by molar-refractivity contribution is 9.10. The van der Waals surface area contributed by atoms with Gasteiger partial charge in [-0.1, -0.05) is 39.1 Å². The van der Waals surface area contributed by atoms with Gasteiger partial charge in [-0.25, -0.2) is 0 Å². The van der Waals surface area contributed by atoms with Crippen molar-refractivity contribution in [2.75, 3.05) is 6.61 Å². The molecule has 3 rings (SSSR count). The maximum absolute atomic E-state index is 6.28. The Balaban J connectivity index is 1.90. The molecule has 0 aliphatic carbocycles. The minimum absolute atomic E-state index is 0.186. The Morgan fingerprint density at radius 1 is 1.35 bits per heavy atom. The molecule has 0 saturated heterocycles. The molecule has 0 amide bonds. The van der Waals surface area contributed by atoms with Crippen molar-refractivity contribution in [3.8, 4) is 5.75 Å². The van der Waals surface area contributed by atoms with Gasteiger partial charge in [0.05, 0.1) is 15.3 Å². The Labute approximate surface area is 140 Å². The number of nitrogens with two attached hydrogens (primary N) is 1. The van der Waals surface area contributed by atoms with Crippen LogP contribution in [0.25, 0.3) is 0 Å². The SMILES string of the molecule is NC(Cc1cc(Br)cc2c1OCC2)c1cc(Cl)sc1Cl. The van der Waals surface area contributed by atoms with Crippen LogP contribution in [0.4, 0.5) is 0 Å². The third-order valence-corrected chi connectivity index (χ3v) is 5.32. The molecule has 1 aliphatic heterocycles. The first kappa shape index (κ1) is 14.7. The normalized spacial score (nSPS) is 15.0. The number of benzene rings is 1. The summed E-state index contributed by atoms with van der Waals surface area (Å²) in [5.74, 6) is 0.973. The summed E-state index contributed by atoms with van der Waals surface area (Å²) >= 11 is 17.0. The van der Waals surface area contributed by atoms with Crippen molar-refractivity contribution in [2.24, 2.45) is 5.73 Å². The lowest BCUT2D eigenvalue weighted by Crippen LogP contribution is -2.13. The zero-order chi connectivity index (χ0) is 14.3. The zero-order valence-electron chi connectivity index (χ0n) is 10.5. The van der Waals surface area contributed by atoms with Crippen LogP contribution < -0.4 is 10.5 Å². The Hall–Kier alpha value is -0.260. The summed E-state index contributed by atoms with van der Waals surface area (Å²) < 4.78 is 8.10. The van der Waals surface area contributed by atoms with Crippen molar-refractivity contribution in [3.05, 3.63) is 48.0 Å². The van der Waals surface area contributed by atoms with Crippen LogP contribution in [0.3, 0.4) is 0 Å². The molecule has 2 N–H and O–H groups in total. The van der Waals surface area contributed by atoms with Gasteiger partial charge in [0.2, 0.25) is 0 Å². The Morgan fingerprint density at radius 2 is 2.15 bits per heavy atom. The van der Waals surface area contributed by atoms with Crippen LogP contribution in [0.5, 0.6) is 5.75 Å². The van der Waals surface area contributed by atoms with E-state index in [2.05, 4.69) is 28.1 Å². The molecule has 6 heteroatoms. The van der Waals surface area contributed by atoms with Gasteiger partial charge in [-0.2, -0.15) is 0 Å². The van der Waals surface area contributed by atoms with Gasteiger partial charge in [0.15, 0.2) is 0 Å². The van der Waals surface area contributed by atoms with Gasteiger partial charge in [0.1, 0.15) is 5.75 Å². The Kier molecular flexibility index (Phi) is 4.29. The molecule has 1 atom stereocenters. The average molecular weight is 393 g/mol. The third kappa shape index (κ3) is 2.85. The van der Waals surface area contributed by atoms with Crippen LogP contribution in [0.2, 0.25) is 8.67 Å². The Bertz CT molecular complexity index is 659. The summed E-state index contributed by atoms with van der Waals surface area (Å²) in [4.78, 5) is 0. The number of halogens is 3. The molecular formula is C14H12BrCl2NOS. The lowest BCUT2D eigenvalue weighted by atomic mass is 9.99. The van der Waals surface area contributed by atoms with E-state index in [1.165, 1.54) is 16.9 Å². The highest BCUT2D eigenvalue weighted by Gasteiger charge is 2.21. The van der Waals surface area contributed by atoms with Gasteiger partial charge in [0.25, 0.3) is 0 Å². The van der Waals surface area contributed by atoms with Crippen molar-refractivity contribution >= 4 is 50.5 Å². The first-order chi connectivity index (χ1) is 9.54. The summed E-state index contributed by atoms with van der Waals surface area (Å²) in [6, 6.07) is 5.82. The van der Waals surface area contributed by atoms with Crippen molar-refractivity contribution in [1.82, 2.24) is 0 Å². The van der Waals surface area contributed by atoms with Crippen molar-refractivity contribution in [1.29, 1.82) is 0 Å². The van der Waals surface area contributed by atoms with E-state index in [0.717, 1.165) is 34.4 Å². The highest BCUT2D eigenvalue weighted by Crippen LogP contribution is 2.38. The maximum atomic E-state index is 6.28. The van der Waals surface area contributed by atoms with Crippen LogP contribution in [0.15, 0.2) is 22.7 Å². The first-order valence-electron chi connectivity index (χ1n) is 6.19. The van der Waals surface area contributed by atoms with Crippen LogP contribution in [-0.4, -0.2) is 6.61 Å². The predicted octanol–water partition coefficient (Wildman–Crippen LogP) is 4.99. The third-order valence-electron chi connectivity index (χ3n) is 3.35. The molecule has 20 heavy (non-hydrogen) atoms. The van der Waals surface area contributed by atoms with Crippen LogP contribution in [0, 0.1) is 0 Å². The number of hydrogen-bond acceptors (Lipinski definition) is 3. The van der Waals surface area contributed by atoms with Crippen LogP contribution in [0.1, 0.15) is 22.7 Å². The zero-order valence-corrected chi connectivity index (χ0v) is 14.4. The fourth-order valence-corrected chi connectivity index (χ4v) is 4.60. The largest absolute Gasteiger partial charge is 0.493 e. The number of thiophene rings is 1. The number of rotatable bonds is 3. The van der Waals surface area contributed by atoms with Crippen molar-refractivity contribution in [2.45, 2.75) is 18.9 Å². The molecule has 0 fully saturated rings. The van der Waals surface area contributed by atoms with E-state index in [9.17, 15) is 0 Å².